The van der Waals surface area contributed by atoms with Gasteiger partial charge in [-0.1, -0.05) is 12.1 Å². The number of aromatic hydroxyl groups is 1. The molecule has 0 saturated heterocycles. The van der Waals surface area contributed by atoms with Crippen LogP contribution in [0.1, 0.15) is 12.5 Å². The summed E-state index contributed by atoms with van der Waals surface area (Å²) in [7, 11) is 0. The Hall–Kier alpha value is -1.84. The van der Waals surface area contributed by atoms with Crippen molar-refractivity contribution in [1.29, 1.82) is 0 Å². The number of phenols is 1. The van der Waals surface area contributed by atoms with Crippen molar-refractivity contribution in [2.45, 2.75) is 13.0 Å². The highest BCUT2D eigenvalue weighted by atomic mass is 16.4. The lowest BCUT2D eigenvalue weighted by Gasteiger charge is -1.99. The molecule has 4 heteroatoms. The smallest absolute Gasteiger partial charge is 0.328 e. The first kappa shape index (κ1) is 10.2. The van der Waals surface area contributed by atoms with Gasteiger partial charge in [-0.15, -0.1) is 0 Å². The SMILES string of the molecule is C[C@H](N=Cc1ccccc1O)C(=O)O. The van der Waals surface area contributed by atoms with Gasteiger partial charge in [0, 0.05) is 11.8 Å². The number of carboxylic acids is 1. The molecule has 0 saturated carbocycles. The zero-order chi connectivity index (χ0) is 10.6. The molecule has 0 aliphatic carbocycles. The predicted octanol–water partition coefficient (Wildman–Crippen LogP) is 1.28. The number of rotatable bonds is 3. The molecule has 1 rings (SSSR count). The number of para-hydroxylation sites is 1. The van der Waals surface area contributed by atoms with E-state index in [9.17, 15) is 9.90 Å². The van der Waals surface area contributed by atoms with Gasteiger partial charge in [-0.2, -0.15) is 0 Å². The average molecular weight is 193 g/mol. The van der Waals surface area contributed by atoms with Gasteiger partial charge in [-0.25, -0.2) is 4.79 Å². The number of nitrogens with zero attached hydrogens (tertiary/aromatic N) is 1. The van der Waals surface area contributed by atoms with Crippen molar-refractivity contribution in [2.24, 2.45) is 4.99 Å². The van der Waals surface area contributed by atoms with Crippen molar-refractivity contribution >= 4 is 12.2 Å². The van der Waals surface area contributed by atoms with E-state index < -0.39 is 12.0 Å². The fourth-order valence-corrected chi connectivity index (χ4v) is 0.853. The van der Waals surface area contributed by atoms with E-state index in [1.807, 2.05) is 0 Å². The van der Waals surface area contributed by atoms with E-state index >= 15 is 0 Å². The maximum atomic E-state index is 10.4. The van der Waals surface area contributed by atoms with Crippen LogP contribution in [0.3, 0.4) is 0 Å². The molecule has 0 fully saturated rings. The van der Waals surface area contributed by atoms with Crippen LogP contribution in [0.25, 0.3) is 0 Å². The second-order valence-electron chi connectivity index (χ2n) is 2.85. The Kier molecular flexibility index (Phi) is 3.23. The average Bonchev–Trinajstić information content (AvgIpc) is 2.16. The number of aliphatic carboxylic acids is 1. The van der Waals surface area contributed by atoms with Crippen LogP contribution in [0, 0.1) is 0 Å². The maximum Gasteiger partial charge on any atom is 0.328 e. The number of phenolic OH excluding ortho intramolecular Hbond substituents is 1. The number of hydrogen-bond donors (Lipinski definition) is 2. The van der Waals surface area contributed by atoms with Crippen molar-refractivity contribution in [1.82, 2.24) is 0 Å². The Morgan fingerprint density at radius 2 is 2.14 bits per heavy atom. The summed E-state index contributed by atoms with van der Waals surface area (Å²) in [4.78, 5) is 14.2. The monoisotopic (exact) mass is 193 g/mol. The minimum Gasteiger partial charge on any atom is -0.507 e. The highest BCUT2D eigenvalue weighted by molar-refractivity contribution is 5.85. The van der Waals surface area contributed by atoms with Crippen LogP contribution in [-0.4, -0.2) is 28.4 Å². The van der Waals surface area contributed by atoms with Gasteiger partial charge in [-0.3, -0.25) is 4.99 Å². The first-order chi connectivity index (χ1) is 6.61. The third kappa shape index (κ3) is 2.58. The molecule has 14 heavy (non-hydrogen) atoms. The van der Waals surface area contributed by atoms with E-state index in [0.29, 0.717) is 5.56 Å². The first-order valence-corrected chi connectivity index (χ1v) is 4.15. The predicted molar refractivity (Wildman–Crippen MR) is 52.8 cm³/mol. The van der Waals surface area contributed by atoms with E-state index in [1.165, 1.54) is 19.2 Å². The molecule has 0 amide bonds. The second-order valence-corrected chi connectivity index (χ2v) is 2.85. The molecule has 1 atom stereocenters. The van der Waals surface area contributed by atoms with Gasteiger partial charge in [0.25, 0.3) is 0 Å². The van der Waals surface area contributed by atoms with Crippen LogP contribution in [-0.2, 0) is 4.79 Å². The van der Waals surface area contributed by atoms with Gasteiger partial charge in [0.1, 0.15) is 11.8 Å². The molecule has 0 aliphatic heterocycles. The summed E-state index contributed by atoms with van der Waals surface area (Å²) in [5.41, 5.74) is 0.514. The Morgan fingerprint density at radius 3 is 2.71 bits per heavy atom. The van der Waals surface area contributed by atoms with Gasteiger partial charge >= 0.3 is 5.97 Å². The topological polar surface area (TPSA) is 69.9 Å². The van der Waals surface area contributed by atoms with Crippen molar-refractivity contribution in [3.05, 3.63) is 29.8 Å². The normalized spacial score (nSPS) is 12.9. The number of carboxylic acid groups (broad SMARTS) is 1. The number of hydrogen-bond acceptors (Lipinski definition) is 3. The molecule has 0 aromatic heterocycles. The Balaban J connectivity index is 2.78. The van der Waals surface area contributed by atoms with Crippen LogP contribution >= 0.6 is 0 Å². The molecule has 0 heterocycles. The molecule has 0 spiro atoms. The van der Waals surface area contributed by atoms with Gasteiger partial charge in [-0.05, 0) is 19.1 Å². The molecule has 4 nitrogen and oxygen atoms in total. The summed E-state index contributed by atoms with van der Waals surface area (Å²) in [6.45, 7) is 1.47. The van der Waals surface area contributed by atoms with Crippen molar-refractivity contribution in [3.63, 3.8) is 0 Å². The minimum absolute atomic E-state index is 0.0915. The molecule has 1 aromatic carbocycles. The Bertz CT molecular complexity index is 360. The molecule has 0 aliphatic rings. The highest BCUT2D eigenvalue weighted by Crippen LogP contribution is 2.12. The fraction of sp³-hybridized carbons (Fsp3) is 0.200. The second kappa shape index (κ2) is 4.41. The lowest BCUT2D eigenvalue weighted by molar-refractivity contribution is -0.137. The van der Waals surface area contributed by atoms with Crippen LogP contribution in [0.2, 0.25) is 0 Å². The van der Waals surface area contributed by atoms with Crippen LogP contribution in [0.5, 0.6) is 5.75 Å². The minimum atomic E-state index is -0.989. The fourth-order valence-electron chi connectivity index (χ4n) is 0.853. The number of aliphatic imine (C=N–C) groups is 1. The molecule has 2 N–H and O–H groups in total. The standard InChI is InChI=1S/C10H11NO3/c1-7(10(13)14)11-6-8-4-2-3-5-9(8)12/h2-7,12H,1H3,(H,13,14)/t7-/m0/s1. The van der Waals surface area contributed by atoms with Crippen LogP contribution in [0.4, 0.5) is 0 Å². The summed E-state index contributed by atoms with van der Waals surface area (Å²) < 4.78 is 0. The molecule has 0 radical (unpaired) electrons. The third-order valence-electron chi connectivity index (χ3n) is 1.73. The quantitative estimate of drug-likeness (QED) is 0.710. The molecule has 0 bridgehead atoms. The van der Waals surface area contributed by atoms with Crippen molar-refractivity contribution in [3.8, 4) is 5.75 Å². The lowest BCUT2D eigenvalue weighted by Crippen LogP contribution is -2.13. The van der Waals surface area contributed by atoms with Crippen LogP contribution in [0.15, 0.2) is 29.3 Å². The van der Waals surface area contributed by atoms with Gasteiger partial charge < -0.3 is 10.2 Å². The van der Waals surface area contributed by atoms with Gasteiger partial charge in [0.15, 0.2) is 0 Å². The Morgan fingerprint density at radius 1 is 1.50 bits per heavy atom. The maximum absolute atomic E-state index is 10.4. The van der Waals surface area contributed by atoms with Gasteiger partial charge in [0.05, 0.1) is 0 Å². The lowest BCUT2D eigenvalue weighted by atomic mass is 10.2. The summed E-state index contributed by atoms with van der Waals surface area (Å²) in [5, 5.41) is 17.9. The van der Waals surface area contributed by atoms with E-state index in [2.05, 4.69) is 4.99 Å². The largest absolute Gasteiger partial charge is 0.507 e. The number of carbonyl (C=O) groups is 1. The van der Waals surface area contributed by atoms with E-state index in [1.54, 1.807) is 18.2 Å². The molecule has 74 valence electrons. The van der Waals surface area contributed by atoms with Crippen molar-refractivity contribution < 1.29 is 15.0 Å². The molecular weight excluding hydrogens is 182 g/mol. The zero-order valence-corrected chi connectivity index (χ0v) is 7.71. The summed E-state index contributed by atoms with van der Waals surface area (Å²) >= 11 is 0. The number of benzene rings is 1. The molecule has 1 aromatic rings. The van der Waals surface area contributed by atoms with Gasteiger partial charge in [0.2, 0.25) is 0 Å². The van der Waals surface area contributed by atoms with E-state index in [4.69, 9.17) is 5.11 Å². The molecular formula is C10H11NO3. The first-order valence-electron chi connectivity index (χ1n) is 4.15. The zero-order valence-electron chi connectivity index (χ0n) is 7.71. The summed E-state index contributed by atoms with van der Waals surface area (Å²) in [5.74, 6) is -0.898. The summed E-state index contributed by atoms with van der Waals surface area (Å²) in [6, 6.07) is 5.81. The van der Waals surface area contributed by atoms with E-state index in [0.717, 1.165) is 0 Å². The van der Waals surface area contributed by atoms with E-state index in [-0.39, 0.29) is 5.75 Å². The summed E-state index contributed by atoms with van der Waals surface area (Å²) in [6.07, 6.45) is 1.36. The van der Waals surface area contributed by atoms with Crippen LogP contribution < -0.4 is 0 Å². The Labute approximate surface area is 81.5 Å². The molecule has 0 unspecified atom stereocenters. The highest BCUT2D eigenvalue weighted by Gasteiger charge is 2.06. The van der Waals surface area contributed by atoms with Crippen molar-refractivity contribution in [2.75, 3.05) is 0 Å². The third-order valence-corrected chi connectivity index (χ3v) is 1.73.